The Hall–Kier alpha value is -2.79. The standard InChI is InChI=1S/C19H25F3N4O3.C11H13ClN4O2.C8H13F3O.C4H8O.Na.H/c1-25-17(27)15-10-23-16(13-6-8-28-9-7-13)26(15)24-18(25)29-11-12-2-4-14(5-3-12)19(20,21)22;1-15-10(17)8-6-13-9(16(8)14-11(15)12)7-2-4-18-5-3-7;9-8(10,11)7-3-1-6(5-12)2-4-7;1-2-4-5-3-1;;/h10,12-14H,2-9,11H2,1H3;6-7H,2-5H2,1H3;6-7,12H,1-5H2;1-4H2;;/q;;;;+1;-1. The third kappa shape index (κ3) is 14.1. The zero-order valence-electron chi connectivity index (χ0n) is 38.3. The van der Waals surface area contributed by atoms with Crippen molar-refractivity contribution >= 4 is 22.6 Å². The van der Waals surface area contributed by atoms with E-state index in [2.05, 4.69) is 20.2 Å². The van der Waals surface area contributed by atoms with Crippen molar-refractivity contribution in [2.24, 2.45) is 37.8 Å². The first kappa shape index (κ1) is 53.2. The van der Waals surface area contributed by atoms with Crippen molar-refractivity contribution in [1.82, 2.24) is 38.3 Å². The van der Waals surface area contributed by atoms with Gasteiger partial charge in [-0.25, -0.2) is 19.0 Å². The van der Waals surface area contributed by atoms with Crippen LogP contribution >= 0.6 is 11.6 Å². The van der Waals surface area contributed by atoms with Crippen molar-refractivity contribution in [2.75, 3.05) is 52.9 Å². The van der Waals surface area contributed by atoms with E-state index in [0.717, 1.165) is 63.8 Å². The Morgan fingerprint density at radius 2 is 1.08 bits per heavy atom. The summed E-state index contributed by atoms with van der Waals surface area (Å²) in [4.78, 5) is 33.4. The van der Waals surface area contributed by atoms with Crippen molar-refractivity contribution in [3.63, 3.8) is 0 Å². The molecule has 9 rings (SSSR count). The fourth-order valence-corrected chi connectivity index (χ4v) is 8.82. The summed E-state index contributed by atoms with van der Waals surface area (Å²) >= 11 is 5.94. The molecule has 65 heavy (non-hydrogen) atoms. The Kier molecular flexibility index (Phi) is 20.0. The fraction of sp³-hybridized carbons (Fsp3) is 0.762. The number of fused-ring (bicyclic) bond motifs is 2. The SMILES string of the molecule is C1CCOC1.Cn1c(Cl)nn2c(C3CCOCC3)ncc2c1=O.Cn1c(OCC2CCC(C(F)(F)F)CC2)nn2c(C3CCOCC3)ncc2c1=O.OCC1CCC(C(F)(F)F)CC1.[H-].[Na+]. The van der Waals surface area contributed by atoms with Gasteiger partial charge in [0.1, 0.15) is 11.6 Å². The van der Waals surface area contributed by atoms with Gasteiger partial charge < -0.3 is 25.5 Å². The first-order valence-electron chi connectivity index (χ1n) is 22.2. The Labute approximate surface area is 401 Å². The third-order valence-corrected chi connectivity index (χ3v) is 13.2. The summed E-state index contributed by atoms with van der Waals surface area (Å²) < 4.78 is 102. The van der Waals surface area contributed by atoms with Crippen molar-refractivity contribution in [3.05, 3.63) is 50.0 Å². The van der Waals surface area contributed by atoms with E-state index in [-0.39, 0.29) is 116 Å². The predicted molar refractivity (Wildman–Crippen MR) is 224 cm³/mol. The summed E-state index contributed by atoms with van der Waals surface area (Å²) in [6, 6.07) is 0.159. The van der Waals surface area contributed by atoms with Gasteiger partial charge in [-0.15, -0.1) is 10.2 Å². The molecular formula is C42H60ClF6N8NaO7. The minimum absolute atomic E-state index is 0. The molecule has 360 valence electrons. The molecule has 3 saturated heterocycles. The van der Waals surface area contributed by atoms with Gasteiger partial charge in [0.25, 0.3) is 11.1 Å². The molecule has 0 aromatic carbocycles. The van der Waals surface area contributed by atoms with Crippen LogP contribution in [-0.2, 0) is 28.3 Å². The van der Waals surface area contributed by atoms with E-state index in [1.165, 1.54) is 28.2 Å². The van der Waals surface area contributed by atoms with Gasteiger partial charge in [-0.1, -0.05) is 0 Å². The van der Waals surface area contributed by atoms with Crippen LogP contribution in [0, 0.1) is 23.7 Å². The van der Waals surface area contributed by atoms with Gasteiger partial charge in [0, 0.05) is 72.2 Å². The molecule has 4 aromatic rings. The van der Waals surface area contributed by atoms with Crippen LogP contribution in [0.15, 0.2) is 22.0 Å². The van der Waals surface area contributed by atoms with E-state index in [1.54, 1.807) is 29.3 Å². The molecule has 5 fully saturated rings. The van der Waals surface area contributed by atoms with Crippen LogP contribution in [0.25, 0.3) is 11.0 Å². The number of hydrogen-bond acceptors (Lipinski definition) is 11. The minimum Gasteiger partial charge on any atom is -1.00 e. The van der Waals surface area contributed by atoms with Crippen LogP contribution in [0.1, 0.15) is 115 Å². The smallest absolute Gasteiger partial charge is 1.00 e. The fourth-order valence-electron chi connectivity index (χ4n) is 8.66. The van der Waals surface area contributed by atoms with Crippen molar-refractivity contribution in [1.29, 1.82) is 0 Å². The number of rotatable bonds is 6. The molecule has 2 saturated carbocycles. The van der Waals surface area contributed by atoms with Crippen molar-refractivity contribution < 1.29 is 81.4 Å². The summed E-state index contributed by atoms with van der Waals surface area (Å²) in [6.07, 6.45) is 3.49. The second kappa shape index (κ2) is 24.5. The number of halogens is 7. The van der Waals surface area contributed by atoms with Gasteiger partial charge in [0.2, 0.25) is 5.28 Å². The number of aromatic nitrogens is 8. The predicted octanol–water partition coefficient (Wildman–Crippen LogP) is 4.31. The monoisotopic (exact) mass is 960 g/mol. The molecule has 5 aliphatic rings. The second-order valence-corrected chi connectivity index (χ2v) is 17.5. The van der Waals surface area contributed by atoms with Gasteiger partial charge in [-0.2, -0.15) is 26.3 Å². The van der Waals surface area contributed by atoms with Crippen LogP contribution in [0.3, 0.4) is 0 Å². The van der Waals surface area contributed by atoms with Crippen LogP contribution in [-0.4, -0.2) is 109 Å². The van der Waals surface area contributed by atoms with E-state index in [9.17, 15) is 35.9 Å². The van der Waals surface area contributed by atoms with Gasteiger partial charge in [-0.3, -0.25) is 18.7 Å². The summed E-state index contributed by atoms with van der Waals surface area (Å²) in [5, 5.41) is 17.6. The maximum absolute atomic E-state index is 12.8. The molecule has 1 N–H and O–H groups in total. The number of ether oxygens (including phenoxy) is 4. The first-order valence-corrected chi connectivity index (χ1v) is 22.6. The molecule has 0 bridgehead atoms. The van der Waals surface area contributed by atoms with E-state index < -0.39 is 24.2 Å². The normalized spacial score (nSPS) is 23.4. The molecule has 0 radical (unpaired) electrons. The van der Waals surface area contributed by atoms with E-state index >= 15 is 0 Å². The van der Waals surface area contributed by atoms with Crippen molar-refractivity contribution in [2.45, 2.75) is 114 Å². The van der Waals surface area contributed by atoms with E-state index in [4.69, 9.17) is 35.7 Å². The van der Waals surface area contributed by atoms with Crippen LogP contribution in [0.2, 0.25) is 5.28 Å². The molecule has 15 nitrogen and oxygen atoms in total. The van der Waals surface area contributed by atoms with Gasteiger partial charge >= 0.3 is 47.9 Å². The molecule has 3 aliphatic heterocycles. The van der Waals surface area contributed by atoms with E-state index in [0.29, 0.717) is 49.9 Å². The summed E-state index contributed by atoms with van der Waals surface area (Å²) in [5.41, 5.74) is 0.401. The molecular weight excluding hydrogens is 901 g/mol. The topological polar surface area (TPSA) is 162 Å². The van der Waals surface area contributed by atoms with Crippen molar-refractivity contribution in [3.8, 4) is 6.01 Å². The molecule has 0 spiro atoms. The zero-order chi connectivity index (χ0) is 46.0. The first-order chi connectivity index (χ1) is 30.6. The number of imidazole rings is 2. The molecule has 4 aromatic heterocycles. The third-order valence-electron chi connectivity index (χ3n) is 12.8. The summed E-state index contributed by atoms with van der Waals surface area (Å²) in [5.74, 6) is -0.258. The Morgan fingerprint density at radius 1 is 0.662 bits per heavy atom. The largest absolute Gasteiger partial charge is 1.00 e. The molecule has 2 aliphatic carbocycles. The van der Waals surface area contributed by atoms with Gasteiger partial charge in [0.05, 0.1) is 30.8 Å². The Balaban J connectivity index is 0.000000219. The quantitative estimate of drug-likeness (QED) is 0.217. The average Bonchev–Trinajstić information content (AvgIpc) is 4.11. The molecule has 23 heteroatoms. The average molecular weight is 961 g/mol. The van der Waals surface area contributed by atoms with Crippen LogP contribution < -0.4 is 45.4 Å². The molecule has 0 unspecified atom stereocenters. The maximum atomic E-state index is 12.8. The molecule has 0 amide bonds. The van der Waals surface area contributed by atoms with Gasteiger partial charge in [0.15, 0.2) is 11.0 Å². The second-order valence-electron chi connectivity index (χ2n) is 17.2. The molecule has 0 atom stereocenters. The number of alkyl halides is 6. The number of nitrogens with zero attached hydrogens (tertiary/aromatic N) is 8. The van der Waals surface area contributed by atoms with E-state index in [1.807, 2.05) is 0 Å². The maximum Gasteiger partial charge on any atom is 1.00 e. The van der Waals surface area contributed by atoms with Crippen LogP contribution in [0.4, 0.5) is 26.3 Å². The number of hydrogen-bond donors (Lipinski definition) is 1. The Morgan fingerprint density at radius 3 is 1.49 bits per heavy atom. The summed E-state index contributed by atoms with van der Waals surface area (Å²) in [6.45, 7) is 5.02. The summed E-state index contributed by atoms with van der Waals surface area (Å²) in [7, 11) is 3.17. The zero-order valence-corrected chi connectivity index (χ0v) is 40.1. The van der Waals surface area contributed by atoms with Crippen LogP contribution in [0.5, 0.6) is 6.01 Å². The Bertz CT molecular complexity index is 2210. The molecule has 7 heterocycles. The number of aliphatic hydroxyl groups is 1. The number of aliphatic hydroxyl groups excluding tert-OH is 1. The minimum atomic E-state index is -4.12. The van der Waals surface area contributed by atoms with Gasteiger partial charge in [-0.05, 0) is 113 Å².